The van der Waals surface area contributed by atoms with Gasteiger partial charge in [0, 0.05) is 17.5 Å². The largest absolute Gasteiger partial charge is 0.393 e. The molecule has 0 aliphatic rings. The minimum absolute atomic E-state index is 0.207. The average molecular weight is 310 g/mol. The Labute approximate surface area is 131 Å². The Morgan fingerprint density at radius 2 is 2.05 bits per heavy atom. The normalized spacial score (nSPS) is 15.1. The summed E-state index contributed by atoms with van der Waals surface area (Å²) in [5.74, 6) is 0.249. The van der Waals surface area contributed by atoms with Crippen molar-refractivity contribution in [3.05, 3.63) is 29.8 Å². The second-order valence-electron chi connectivity index (χ2n) is 5.53. The number of anilines is 1. The summed E-state index contributed by atoms with van der Waals surface area (Å²) < 4.78 is 0. The number of carbonyl (C=O) groups is 1. The third-order valence-electron chi connectivity index (χ3n) is 3.32. The molecular formula is C16H26N2O2S. The first-order chi connectivity index (χ1) is 9.92. The Balaban J connectivity index is 2.48. The van der Waals surface area contributed by atoms with E-state index in [-0.39, 0.29) is 18.1 Å². The number of rotatable bonds is 7. The van der Waals surface area contributed by atoms with E-state index in [4.69, 9.17) is 0 Å². The van der Waals surface area contributed by atoms with Gasteiger partial charge in [0.15, 0.2) is 0 Å². The number of amides is 2. The Hall–Kier alpha value is -1.20. The monoisotopic (exact) mass is 310 g/mol. The Kier molecular flexibility index (Phi) is 7.61. The van der Waals surface area contributed by atoms with Crippen molar-refractivity contribution in [2.24, 2.45) is 5.92 Å². The first-order valence-corrected chi connectivity index (χ1v) is 8.56. The molecule has 0 fully saturated rings. The van der Waals surface area contributed by atoms with Gasteiger partial charge in [-0.05, 0) is 50.1 Å². The highest BCUT2D eigenvalue weighted by Crippen LogP contribution is 2.27. The number of benzene rings is 1. The van der Waals surface area contributed by atoms with E-state index in [0.717, 1.165) is 5.69 Å². The topological polar surface area (TPSA) is 61.4 Å². The maximum absolute atomic E-state index is 11.9. The standard InChI is InChI=1S/C16H26N2O2S/c1-11(8-12(2)19)10-17-16(20)18-15-7-5-6-14(9-15)13(3)21-4/h5-7,9,11-13,19H,8,10H2,1-4H3,(H2,17,18,20). The molecule has 0 saturated carbocycles. The van der Waals surface area contributed by atoms with Gasteiger partial charge in [-0.25, -0.2) is 4.79 Å². The van der Waals surface area contributed by atoms with Gasteiger partial charge in [0.2, 0.25) is 0 Å². The van der Waals surface area contributed by atoms with Gasteiger partial charge in [0.05, 0.1) is 6.10 Å². The molecule has 0 saturated heterocycles. The molecule has 118 valence electrons. The van der Waals surface area contributed by atoms with Gasteiger partial charge in [0.1, 0.15) is 0 Å². The number of hydrogen-bond donors (Lipinski definition) is 3. The summed E-state index contributed by atoms with van der Waals surface area (Å²) in [5, 5.41) is 15.4. The molecule has 0 aliphatic heterocycles. The molecule has 0 heterocycles. The Morgan fingerprint density at radius 1 is 1.33 bits per heavy atom. The Morgan fingerprint density at radius 3 is 2.67 bits per heavy atom. The number of aliphatic hydroxyl groups is 1. The van der Waals surface area contributed by atoms with E-state index < -0.39 is 0 Å². The van der Waals surface area contributed by atoms with Crippen molar-refractivity contribution >= 4 is 23.5 Å². The van der Waals surface area contributed by atoms with Gasteiger partial charge < -0.3 is 15.7 Å². The molecule has 4 nitrogen and oxygen atoms in total. The van der Waals surface area contributed by atoms with Crippen LogP contribution in [0.2, 0.25) is 0 Å². The van der Waals surface area contributed by atoms with Crippen LogP contribution in [0.25, 0.3) is 0 Å². The number of aliphatic hydroxyl groups excluding tert-OH is 1. The molecule has 3 N–H and O–H groups in total. The second kappa shape index (κ2) is 8.95. The summed E-state index contributed by atoms with van der Waals surface area (Å²) in [5.41, 5.74) is 2.00. The molecule has 2 amide bonds. The van der Waals surface area contributed by atoms with E-state index in [2.05, 4.69) is 29.9 Å². The van der Waals surface area contributed by atoms with E-state index in [9.17, 15) is 9.90 Å². The van der Waals surface area contributed by atoms with Crippen molar-refractivity contribution in [2.45, 2.75) is 38.5 Å². The van der Waals surface area contributed by atoms with Gasteiger partial charge in [-0.15, -0.1) is 0 Å². The first kappa shape index (κ1) is 17.9. The number of thioether (sulfide) groups is 1. The zero-order valence-electron chi connectivity index (χ0n) is 13.2. The quantitative estimate of drug-likeness (QED) is 0.720. The molecule has 0 spiro atoms. The van der Waals surface area contributed by atoms with Gasteiger partial charge in [-0.2, -0.15) is 11.8 Å². The molecule has 0 aromatic heterocycles. The van der Waals surface area contributed by atoms with E-state index in [1.807, 2.05) is 25.1 Å². The number of urea groups is 1. The fraction of sp³-hybridized carbons (Fsp3) is 0.562. The van der Waals surface area contributed by atoms with Crippen molar-refractivity contribution < 1.29 is 9.90 Å². The molecule has 0 bridgehead atoms. The van der Waals surface area contributed by atoms with Crippen molar-refractivity contribution in [2.75, 3.05) is 18.1 Å². The van der Waals surface area contributed by atoms with Gasteiger partial charge in [0.25, 0.3) is 0 Å². The minimum Gasteiger partial charge on any atom is -0.393 e. The zero-order chi connectivity index (χ0) is 15.8. The Bertz CT molecular complexity index is 452. The number of carbonyl (C=O) groups excluding carboxylic acids is 1. The summed E-state index contributed by atoms with van der Waals surface area (Å²) in [7, 11) is 0. The maximum atomic E-state index is 11.9. The zero-order valence-corrected chi connectivity index (χ0v) is 14.0. The van der Waals surface area contributed by atoms with Crippen LogP contribution in [0.5, 0.6) is 0 Å². The molecule has 1 rings (SSSR count). The summed E-state index contributed by atoms with van der Waals surface area (Å²) in [6.07, 6.45) is 2.41. The fourth-order valence-electron chi connectivity index (χ4n) is 2.11. The fourth-order valence-corrected chi connectivity index (χ4v) is 2.53. The lowest BCUT2D eigenvalue weighted by Crippen LogP contribution is -2.33. The smallest absolute Gasteiger partial charge is 0.319 e. The predicted octanol–water partition coefficient (Wildman–Crippen LogP) is 3.64. The molecule has 21 heavy (non-hydrogen) atoms. The lowest BCUT2D eigenvalue weighted by atomic mass is 10.1. The first-order valence-electron chi connectivity index (χ1n) is 7.28. The molecular weight excluding hydrogens is 284 g/mol. The van der Waals surface area contributed by atoms with Crippen LogP contribution in [0.1, 0.15) is 38.0 Å². The maximum Gasteiger partial charge on any atom is 0.319 e. The summed E-state index contributed by atoms with van der Waals surface area (Å²) in [6.45, 7) is 6.46. The van der Waals surface area contributed by atoms with Gasteiger partial charge in [-0.3, -0.25) is 0 Å². The molecule has 1 aromatic rings. The van der Waals surface area contributed by atoms with Crippen LogP contribution in [0.4, 0.5) is 10.5 Å². The summed E-state index contributed by atoms with van der Waals surface area (Å²) in [4.78, 5) is 11.9. The highest BCUT2D eigenvalue weighted by molar-refractivity contribution is 7.98. The van der Waals surface area contributed by atoms with E-state index >= 15 is 0 Å². The number of hydrogen-bond acceptors (Lipinski definition) is 3. The minimum atomic E-state index is -0.338. The average Bonchev–Trinajstić information content (AvgIpc) is 2.44. The second-order valence-corrected chi connectivity index (χ2v) is 6.71. The van der Waals surface area contributed by atoms with Crippen LogP contribution in [0, 0.1) is 5.92 Å². The molecule has 0 radical (unpaired) electrons. The van der Waals surface area contributed by atoms with Crippen LogP contribution < -0.4 is 10.6 Å². The highest BCUT2D eigenvalue weighted by Gasteiger charge is 2.09. The molecule has 3 unspecified atom stereocenters. The molecule has 0 aliphatic carbocycles. The predicted molar refractivity (Wildman–Crippen MR) is 90.9 cm³/mol. The van der Waals surface area contributed by atoms with Crippen molar-refractivity contribution in [3.8, 4) is 0 Å². The molecule has 1 aromatic carbocycles. The van der Waals surface area contributed by atoms with E-state index in [1.165, 1.54) is 5.56 Å². The van der Waals surface area contributed by atoms with Crippen molar-refractivity contribution in [1.29, 1.82) is 0 Å². The summed E-state index contributed by atoms with van der Waals surface area (Å²) in [6, 6.07) is 7.69. The van der Waals surface area contributed by atoms with Gasteiger partial charge in [-0.1, -0.05) is 19.1 Å². The van der Waals surface area contributed by atoms with Crippen LogP contribution in [0.15, 0.2) is 24.3 Å². The third kappa shape index (κ3) is 6.87. The van der Waals surface area contributed by atoms with Crippen LogP contribution in [-0.2, 0) is 0 Å². The van der Waals surface area contributed by atoms with Crippen LogP contribution >= 0.6 is 11.8 Å². The van der Waals surface area contributed by atoms with E-state index in [1.54, 1.807) is 18.7 Å². The third-order valence-corrected chi connectivity index (χ3v) is 4.30. The lowest BCUT2D eigenvalue weighted by Gasteiger charge is -2.15. The summed E-state index contributed by atoms with van der Waals surface area (Å²) >= 11 is 1.77. The van der Waals surface area contributed by atoms with Crippen molar-refractivity contribution in [3.63, 3.8) is 0 Å². The van der Waals surface area contributed by atoms with Crippen molar-refractivity contribution in [1.82, 2.24) is 5.32 Å². The lowest BCUT2D eigenvalue weighted by molar-refractivity contribution is 0.163. The van der Waals surface area contributed by atoms with Crippen LogP contribution in [-0.4, -0.2) is 30.0 Å². The van der Waals surface area contributed by atoms with Crippen LogP contribution in [0.3, 0.4) is 0 Å². The van der Waals surface area contributed by atoms with Gasteiger partial charge >= 0.3 is 6.03 Å². The highest BCUT2D eigenvalue weighted by atomic mass is 32.2. The molecule has 3 atom stereocenters. The van der Waals surface area contributed by atoms with E-state index in [0.29, 0.717) is 18.2 Å². The number of nitrogens with one attached hydrogen (secondary N) is 2. The molecule has 5 heteroatoms. The SMILES string of the molecule is CSC(C)c1cccc(NC(=O)NCC(C)CC(C)O)c1.